The standard InChI is InChI=1S/C11H5F6NO/c1-3-9(19)6-5(18-10(3)11(15,16)17)2-4(12)7(13)8(6)14/h2H,1H3,(H,18,19). The van der Waals surface area contributed by atoms with Gasteiger partial charge in [0, 0.05) is 11.6 Å². The van der Waals surface area contributed by atoms with Gasteiger partial charge in [-0.2, -0.15) is 13.2 Å². The Morgan fingerprint density at radius 2 is 1.68 bits per heavy atom. The van der Waals surface area contributed by atoms with E-state index in [1.807, 2.05) is 0 Å². The third kappa shape index (κ3) is 1.96. The van der Waals surface area contributed by atoms with Gasteiger partial charge in [0.25, 0.3) is 0 Å². The van der Waals surface area contributed by atoms with Gasteiger partial charge in [-0.1, -0.05) is 0 Å². The number of H-pyrrole nitrogens is 1. The van der Waals surface area contributed by atoms with Crippen LogP contribution in [0.1, 0.15) is 11.3 Å². The Labute approximate surface area is 101 Å². The summed E-state index contributed by atoms with van der Waals surface area (Å²) >= 11 is 0. The van der Waals surface area contributed by atoms with E-state index in [1.165, 1.54) is 0 Å². The van der Waals surface area contributed by atoms with E-state index in [0.29, 0.717) is 6.07 Å². The number of aromatic nitrogens is 1. The second-order valence-electron chi connectivity index (χ2n) is 3.86. The highest BCUT2D eigenvalue weighted by Gasteiger charge is 2.35. The largest absolute Gasteiger partial charge is 0.431 e. The van der Waals surface area contributed by atoms with Crippen molar-refractivity contribution >= 4 is 10.9 Å². The van der Waals surface area contributed by atoms with Crippen molar-refractivity contribution in [3.8, 4) is 0 Å². The molecule has 0 radical (unpaired) electrons. The molecule has 0 amide bonds. The Morgan fingerprint density at radius 3 is 2.21 bits per heavy atom. The molecule has 0 bridgehead atoms. The van der Waals surface area contributed by atoms with Crippen molar-refractivity contribution < 1.29 is 26.3 Å². The fourth-order valence-electron chi connectivity index (χ4n) is 1.73. The Kier molecular flexibility index (Phi) is 2.83. The second-order valence-corrected chi connectivity index (χ2v) is 3.86. The molecule has 0 saturated heterocycles. The molecule has 1 N–H and O–H groups in total. The summed E-state index contributed by atoms with van der Waals surface area (Å²) in [5, 5.41) is -0.940. The summed E-state index contributed by atoms with van der Waals surface area (Å²) in [4.78, 5) is 13.3. The van der Waals surface area contributed by atoms with E-state index in [0.717, 1.165) is 6.92 Å². The van der Waals surface area contributed by atoms with Gasteiger partial charge in [-0.05, 0) is 6.92 Å². The first-order valence-corrected chi connectivity index (χ1v) is 4.92. The third-order valence-corrected chi connectivity index (χ3v) is 2.65. The van der Waals surface area contributed by atoms with Crippen LogP contribution in [0.5, 0.6) is 0 Å². The molecule has 1 heterocycles. The number of hydrogen-bond donors (Lipinski definition) is 1. The van der Waals surface area contributed by atoms with E-state index in [-0.39, 0.29) is 0 Å². The molecular formula is C11H5F6NO. The van der Waals surface area contributed by atoms with Gasteiger partial charge in [-0.15, -0.1) is 0 Å². The lowest BCUT2D eigenvalue weighted by atomic mass is 10.1. The molecule has 0 fully saturated rings. The van der Waals surface area contributed by atoms with Crippen LogP contribution < -0.4 is 5.43 Å². The number of rotatable bonds is 0. The maximum Gasteiger partial charge on any atom is 0.431 e. The number of aromatic amines is 1. The van der Waals surface area contributed by atoms with Crippen molar-refractivity contribution in [2.24, 2.45) is 0 Å². The zero-order valence-corrected chi connectivity index (χ0v) is 9.25. The summed E-state index contributed by atoms with van der Waals surface area (Å²) < 4.78 is 77.2. The van der Waals surface area contributed by atoms with Gasteiger partial charge in [0.15, 0.2) is 22.9 Å². The normalized spacial score (nSPS) is 12.2. The predicted molar refractivity (Wildman–Crippen MR) is 54.2 cm³/mol. The van der Waals surface area contributed by atoms with Crippen molar-refractivity contribution in [2.45, 2.75) is 13.1 Å². The van der Waals surface area contributed by atoms with E-state index >= 15 is 0 Å². The first-order chi connectivity index (χ1) is 8.64. The molecule has 0 atom stereocenters. The van der Waals surface area contributed by atoms with Gasteiger partial charge in [-0.3, -0.25) is 4.79 Å². The molecule has 0 aliphatic rings. The fraction of sp³-hybridized carbons (Fsp3) is 0.182. The summed E-state index contributed by atoms with van der Waals surface area (Å²) in [5.41, 5.74) is -4.32. The summed E-state index contributed by atoms with van der Waals surface area (Å²) in [6.07, 6.45) is -4.89. The summed E-state index contributed by atoms with van der Waals surface area (Å²) in [7, 11) is 0. The summed E-state index contributed by atoms with van der Waals surface area (Å²) in [6, 6.07) is 0.309. The molecule has 0 spiro atoms. The highest BCUT2D eigenvalue weighted by Crippen LogP contribution is 2.31. The summed E-state index contributed by atoms with van der Waals surface area (Å²) in [6.45, 7) is 0.821. The van der Waals surface area contributed by atoms with Gasteiger partial charge in [0.2, 0.25) is 0 Å². The molecule has 8 heteroatoms. The minimum atomic E-state index is -4.89. The lowest BCUT2D eigenvalue weighted by molar-refractivity contribution is -0.141. The topological polar surface area (TPSA) is 32.9 Å². The number of halogens is 6. The Morgan fingerprint density at radius 1 is 1.11 bits per heavy atom. The average molecular weight is 281 g/mol. The molecule has 0 saturated carbocycles. The molecule has 0 aliphatic carbocycles. The minimum Gasteiger partial charge on any atom is -0.350 e. The molecule has 2 rings (SSSR count). The molecule has 2 aromatic rings. The van der Waals surface area contributed by atoms with Gasteiger partial charge in [0.1, 0.15) is 5.69 Å². The number of benzene rings is 1. The van der Waals surface area contributed by atoms with E-state index in [9.17, 15) is 31.1 Å². The number of nitrogens with one attached hydrogen (secondary N) is 1. The highest BCUT2D eigenvalue weighted by atomic mass is 19.4. The fourth-order valence-corrected chi connectivity index (χ4v) is 1.73. The average Bonchev–Trinajstić information content (AvgIpc) is 2.29. The highest BCUT2D eigenvalue weighted by molar-refractivity contribution is 5.80. The van der Waals surface area contributed by atoms with Crippen LogP contribution in [-0.4, -0.2) is 4.98 Å². The van der Waals surface area contributed by atoms with Crippen molar-refractivity contribution in [3.63, 3.8) is 0 Å². The van der Waals surface area contributed by atoms with Crippen molar-refractivity contribution in [2.75, 3.05) is 0 Å². The van der Waals surface area contributed by atoms with Gasteiger partial charge in [-0.25, -0.2) is 13.2 Å². The first-order valence-electron chi connectivity index (χ1n) is 4.92. The lowest BCUT2D eigenvalue weighted by Gasteiger charge is -2.12. The monoisotopic (exact) mass is 281 g/mol. The Balaban J connectivity index is 3.02. The van der Waals surface area contributed by atoms with Crippen LogP contribution in [0.2, 0.25) is 0 Å². The summed E-state index contributed by atoms with van der Waals surface area (Å²) in [5.74, 6) is -5.40. The predicted octanol–water partition coefficient (Wildman–Crippen LogP) is 3.27. The van der Waals surface area contributed by atoms with Crippen LogP contribution in [-0.2, 0) is 6.18 Å². The van der Waals surface area contributed by atoms with Crippen LogP contribution in [0, 0.1) is 24.4 Å². The zero-order chi connectivity index (χ0) is 14.5. The number of pyridine rings is 1. The minimum absolute atomic E-state index is 0.309. The number of fused-ring (bicyclic) bond motifs is 1. The van der Waals surface area contributed by atoms with Gasteiger partial charge >= 0.3 is 6.18 Å². The molecule has 0 unspecified atom stereocenters. The first kappa shape index (κ1) is 13.4. The van der Waals surface area contributed by atoms with Crippen molar-refractivity contribution in [1.82, 2.24) is 4.98 Å². The molecule has 1 aromatic heterocycles. The maximum atomic E-state index is 13.4. The van der Waals surface area contributed by atoms with Gasteiger partial charge < -0.3 is 4.98 Å². The van der Waals surface area contributed by atoms with E-state index in [4.69, 9.17) is 0 Å². The quantitative estimate of drug-likeness (QED) is 0.583. The zero-order valence-electron chi connectivity index (χ0n) is 9.25. The van der Waals surface area contributed by atoms with Crippen LogP contribution in [0.3, 0.4) is 0 Å². The lowest BCUT2D eigenvalue weighted by Crippen LogP contribution is -2.20. The Bertz CT molecular complexity index is 731. The van der Waals surface area contributed by atoms with E-state index in [1.54, 1.807) is 4.98 Å². The SMILES string of the molecule is Cc1c(C(F)(F)F)[nH]c2cc(F)c(F)c(F)c2c1=O. The van der Waals surface area contributed by atoms with E-state index in [2.05, 4.69) is 0 Å². The molecule has 102 valence electrons. The molecule has 0 aliphatic heterocycles. The van der Waals surface area contributed by atoms with Crippen LogP contribution >= 0.6 is 0 Å². The number of hydrogen-bond acceptors (Lipinski definition) is 1. The maximum absolute atomic E-state index is 13.4. The van der Waals surface area contributed by atoms with E-state index < -0.39 is 51.2 Å². The molecule has 2 nitrogen and oxygen atoms in total. The molecule has 19 heavy (non-hydrogen) atoms. The smallest absolute Gasteiger partial charge is 0.350 e. The molecular weight excluding hydrogens is 276 g/mol. The van der Waals surface area contributed by atoms with Crippen LogP contribution in [0.25, 0.3) is 10.9 Å². The van der Waals surface area contributed by atoms with Crippen molar-refractivity contribution in [1.29, 1.82) is 0 Å². The van der Waals surface area contributed by atoms with Gasteiger partial charge in [0.05, 0.1) is 10.9 Å². The van der Waals surface area contributed by atoms with Crippen LogP contribution in [0.4, 0.5) is 26.3 Å². The van der Waals surface area contributed by atoms with Crippen molar-refractivity contribution in [3.05, 3.63) is 45.0 Å². The molecule has 1 aromatic carbocycles. The Hall–Kier alpha value is -1.99. The third-order valence-electron chi connectivity index (χ3n) is 2.65. The second kappa shape index (κ2) is 4.01. The van der Waals surface area contributed by atoms with Crippen LogP contribution in [0.15, 0.2) is 10.9 Å². The number of alkyl halides is 3.